The molecule has 0 unspecified atom stereocenters. The molecule has 0 amide bonds. The fourth-order valence-electron chi connectivity index (χ4n) is 2.80. The van der Waals surface area contributed by atoms with Gasteiger partial charge in [-0.05, 0) is 50.0 Å². The highest BCUT2D eigenvalue weighted by Gasteiger charge is 2.16. The molecule has 1 aliphatic rings. The van der Waals surface area contributed by atoms with E-state index in [0.717, 1.165) is 13.1 Å². The van der Waals surface area contributed by atoms with Crippen LogP contribution in [0.25, 0.3) is 0 Å². The molecule has 0 fully saturated rings. The Morgan fingerprint density at radius 3 is 2.32 bits per heavy atom. The third-order valence-corrected chi connectivity index (χ3v) is 3.91. The summed E-state index contributed by atoms with van der Waals surface area (Å²) < 4.78 is 0. The van der Waals surface area contributed by atoms with E-state index in [1.807, 2.05) is 0 Å². The van der Waals surface area contributed by atoms with Crippen molar-refractivity contribution >= 4 is 0 Å². The number of nitrogens with one attached hydrogen (secondary N) is 1. The normalized spacial score (nSPS) is 14.8. The van der Waals surface area contributed by atoms with Crippen molar-refractivity contribution in [3.05, 3.63) is 35.4 Å². The molecular weight excluding hydrogens is 232 g/mol. The minimum Gasteiger partial charge on any atom is -0.317 e. The summed E-state index contributed by atoms with van der Waals surface area (Å²) in [4.78, 5) is 2.58. The molecule has 0 saturated carbocycles. The smallest absolute Gasteiger partial charge is 0.0240 e. The van der Waals surface area contributed by atoms with E-state index in [0.29, 0.717) is 0 Å². The highest BCUT2D eigenvalue weighted by molar-refractivity contribution is 5.30. The summed E-state index contributed by atoms with van der Waals surface area (Å²) in [5.41, 5.74) is 3.07. The minimum absolute atomic E-state index is 1.16. The van der Waals surface area contributed by atoms with Gasteiger partial charge in [0.25, 0.3) is 0 Å². The molecule has 1 aromatic rings. The van der Waals surface area contributed by atoms with Crippen LogP contribution in [0.15, 0.2) is 24.3 Å². The standard InChI is InChI=1S/C17H28N2/c1-2-11-18-12-7-3-4-8-13-19-14-16-9-5-6-10-17(16)15-19/h5-6,9-10,18H,2-4,7-8,11-15H2,1H3. The molecule has 19 heavy (non-hydrogen) atoms. The van der Waals surface area contributed by atoms with Crippen LogP contribution in [0.5, 0.6) is 0 Å². The van der Waals surface area contributed by atoms with Crippen molar-refractivity contribution in [3.63, 3.8) is 0 Å². The van der Waals surface area contributed by atoms with Crippen LogP contribution in [0.2, 0.25) is 0 Å². The van der Waals surface area contributed by atoms with E-state index in [4.69, 9.17) is 0 Å². The first-order valence-corrected chi connectivity index (χ1v) is 7.90. The molecule has 2 nitrogen and oxygen atoms in total. The van der Waals surface area contributed by atoms with Crippen molar-refractivity contribution in [1.29, 1.82) is 0 Å². The maximum Gasteiger partial charge on any atom is 0.0240 e. The van der Waals surface area contributed by atoms with Crippen LogP contribution in [0.1, 0.15) is 50.2 Å². The molecule has 2 rings (SSSR count). The topological polar surface area (TPSA) is 15.3 Å². The van der Waals surface area contributed by atoms with Gasteiger partial charge in [-0.2, -0.15) is 0 Å². The minimum atomic E-state index is 1.16. The molecule has 0 spiro atoms. The van der Waals surface area contributed by atoms with Crippen molar-refractivity contribution < 1.29 is 0 Å². The Hall–Kier alpha value is -0.860. The number of unbranched alkanes of at least 4 members (excludes halogenated alkanes) is 3. The van der Waals surface area contributed by atoms with Crippen LogP contribution in [0, 0.1) is 0 Å². The lowest BCUT2D eigenvalue weighted by Gasteiger charge is -2.14. The first kappa shape index (κ1) is 14.5. The maximum atomic E-state index is 3.47. The average Bonchev–Trinajstić information content (AvgIpc) is 2.84. The van der Waals surface area contributed by atoms with Crippen molar-refractivity contribution in [2.45, 2.75) is 52.1 Å². The summed E-state index contributed by atoms with van der Waals surface area (Å²) in [6.45, 7) is 8.18. The van der Waals surface area contributed by atoms with Gasteiger partial charge >= 0.3 is 0 Å². The van der Waals surface area contributed by atoms with E-state index in [9.17, 15) is 0 Å². The summed E-state index contributed by atoms with van der Waals surface area (Å²) >= 11 is 0. The van der Waals surface area contributed by atoms with Gasteiger partial charge in [0, 0.05) is 13.1 Å². The summed E-state index contributed by atoms with van der Waals surface area (Å²) in [5.74, 6) is 0. The summed E-state index contributed by atoms with van der Waals surface area (Å²) in [6, 6.07) is 8.86. The van der Waals surface area contributed by atoms with E-state index in [-0.39, 0.29) is 0 Å². The number of fused-ring (bicyclic) bond motifs is 1. The summed E-state index contributed by atoms with van der Waals surface area (Å²) in [5, 5.41) is 3.47. The average molecular weight is 260 g/mol. The van der Waals surface area contributed by atoms with Gasteiger partial charge in [0.05, 0.1) is 0 Å². The quantitative estimate of drug-likeness (QED) is 0.683. The van der Waals surface area contributed by atoms with E-state index >= 15 is 0 Å². The lowest BCUT2D eigenvalue weighted by Crippen LogP contribution is -2.18. The third-order valence-electron chi connectivity index (χ3n) is 3.91. The Bertz CT molecular complexity index is 337. The lowest BCUT2D eigenvalue weighted by atomic mass is 10.1. The largest absolute Gasteiger partial charge is 0.317 e. The summed E-state index contributed by atoms with van der Waals surface area (Å²) in [7, 11) is 0. The van der Waals surface area contributed by atoms with E-state index in [1.165, 1.54) is 62.9 Å². The molecule has 2 heteroatoms. The first-order valence-electron chi connectivity index (χ1n) is 7.90. The number of hydrogen-bond donors (Lipinski definition) is 1. The Morgan fingerprint density at radius 1 is 0.947 bits per heavy atom. The van der Waals surface area contributed by atoms with E-state index in [1.54, 1.807) is 0 Å². The molecule has 1 heterocycles. The molecule has 106 valence electrons. The second-order valence-corrected chi connectivity index (χ2v) is 5.64. The van der Waals surface area contributed by atoms with Crippen LogP contribution < -0.4 is 5.32 Å². The second kappa shape index (κ2) is 8.34. The molecule has 0 aromatic heterocycles. The van der Waals surface area contributed by atoms with Gasteiger partial charge in [0.2, 0.25) is 0 Å². The van der Waals surface area contributed by atoms with Gasteiger partial charge in [-0.15, -0.1) is 0 Å². The SMILES string of the molecule is CCCNCCCCCCN1Cc2ccccc2C1. The van der Waals surface area contributed by atoms with Gasteiger partial charge in [0.1, 0.15) is 0 Å². The van der Waals surface area contributed by atoms with Gasteiger partial charge in [-0.25, -0.2) is 0 Å². The second-order valence-electron chi connectivity index (χ2n) is 5.64. The lowest BCUT2D eigenvalue weighted by molar-refractivity contribution is 0.276. The van der Waals surface area contributed by atoms with Crippen molar-refractivity contribution in [2.75, 3.05) is 19.6 Å². The van der Waals surface area contributed by atoms with Crippen LogP contribution in [0.3, 0.4) is 0 Å². The van der Waals surface area contributed by atoms with Crippen LogP contribution in [0.4, 0.5) is 0 Å². The zero-order valence-electron chi connectivity index (χ0n) is 12.3. The van der Waals surface area contributed by atoms with Gasteiger partial charge in [-0.1, -0.05) is 44.0 Å². The predicted molar refractivity (Wildman–Crippen MR) is 82.2 cm³/mol. The van der Waals surface area contributed by atoms with Gasteiger partial charge < -0.3 is 5.32 Å². The molecule has 1 aromatic carbocycles. The number of rotatable bonds is 9. The van der Waals surface area contributed by atoms with E-state index < -0.39 is 0 Å². The monoisotopic (exact) mass is 260 g/mol. The van der Waals surface area contributed by atoms with Crippen LogP contribution in [-0.2, 0) is 13.1 Å². The Morgan fingerprint density at radius 2 is 1.63 bits per heavy atom. The summed E-state index contributed by atoms with van der Waals surface area (Å²) in [6.07, 6.45) is 6.68. The molecule has 0 atom stereocenters. The van der Waals surface area contributed by atoms with Crippen molar-refractivity contribution in [1.82, 2.24) is 10.2 Å². The maximum absolute atomic E-state index is 3.47. The first-order chi connectivity index (χ1) is 9.40. The molecule has 1 aliphatic heterocycles. The predicted octanol–water partition coefficient (Wildman–Crippen LogP) is 3.56. The number of benzene rings is 1. The molecule has 0 bridgehead atoms. The molecule has 0 saturated heterocycles. The molecule has 0 aliphatic carbocycles. The fourth-order valence-corrected chi connectivity index (χ4v) is 2.80. The third kappa shape index (κ3) is 4.96. The van der Waals surface area contributed by atoms with E-state index in [2.05, 4.69) is 41.4 Å². The molecule has 1 N–H and O–H groups in total. The number of hydrogen-bond acceptors (Lipinski definition) is 2. The Balaban J connectivity index is 1.49. The molecular formula is C17H28N2. The Labute approximate surface area is 118 Å². The van der Waals surface area contributed by atoms with Gasteiger partial charge in [-0.3, -0.25) is 4.90 Å². The van der Waals surface area contributed by atoms with Crippen molar-refractivity contribution in [3.8, 4) is 0 Å². The fraction of sp³-hybridized carbons (Fsp3) is 0.647. The zero-order valence-corrected chi connectivity index (χ0v) is 12.3. The molecule has 0 radical (unpaired) electrons. The van der Waals surface area contributed by atoms with Crippen molar-refractivity contribution in [2.24, 2.45) is 0 Å². The number of nitrogens with zero attached hydrogens (tertiary/aromatic N) is 1. The zero-order chi connectivity index (χ0) is 13.3. The van der Waals surface area contributed by atoms with Crippen LogP contribution in [-0.4, -0.2) is 24.5 Å². The van der Waals surface area contributed by atoms with Gasteiger partial charge in [0.15, 0.2) is 0 Å². The van der Waals surface area contributed by atoms with Crippen LogP contribution >= 0.6 is 0 Å². The highest BCUT2D eigenvalue weighted by Crippen LogP contribution is 2.22. The highest BCUT2D eigenvalue weighted by atomic mass is 15.1. The Kier molecular flexibility index (Phi) is 6.38.